The van der Waals surface area contributed by atoms with Crippen molar-refractivity contribution >= 4 is 62.6 Å². The Hall–Kier alpha value is -2.33. The number of carbonyl (C=O) groups is 2. The maximum Gasteiger partial charge on any atom is 0.534 e. The number of rotatable bonds is 5. The highest BCUT2D eigenvalue weighted by atomic mass is 35.6. The van der Waals surface area contributed by atoms with E-state index in [1.54, 1.807) is 0 Å². The summed E-state index contributed by atoms with van der Waals surface area (Å²) < 4.78 is 78.6. The van der Waals surface area contributed by atoms with E-state index in [4.69, 9.17) is 49.0 Å². The van der Waals surface area contributed by atoms with Gasteiger partial charge in [0.15, 0.2) is 17.7 Å². The molecule has 3 rings (SSSR count). The molecule has 1 N–H and O–H groups in total. The Morgan fingerprint density at radius 2 is 1.75 bits per heavy atom. The molecule has 2 aliphatic rings. The molecule has 0 saturated heterocycles. The molecule has 1 aromatic carbocycles. The number of fused-ring (bicyclic) bond motifs is 2. The van der Waals surface area contributed by atoms with E-state index in [0.717, 1.165) is 11.0 Å². The number of carbonyl (C=O) groups excluding carboxylic acids is 2. The van der Waals surface area contributed by atoms with E-state index in [1.165, 1.54) is 20.3 Å². The van der Waals surface area contributed by atoms with Crippen LogP contribution in [0.3, 0.4) is 0 Å². The Labute approximate surface area is 216 Å². The Kier molecular flexibility index (Phi) is 7.73. The number of methoxy groups -OCH3 is 2. The minimum atomic E-state index is -6.08. The summed E-state index contributed by atoms with van der Waals surface area (Å²) in [5.41, 5.74) is -6.29. The summed E-state index contributed by atoms with van der Waals surface area (Å²) in [6.45, 7) is -0.777. The topological polar surface area (TPSA) is 132 Å². The standard InChI is InChI=1S/C18H16Cl3F3N2O9S/c1-32-12-4-9-10(5-13(12)33-2)26(16(29)34-7-17(19,20)21)15(28)11-3-8(6-25(11)14(9)27)35-36(30,31)18(22,23)24/h4-6,11,15,28H,3,7H2,1-2H3/t11-,15?/m0/s1. The van der Waals surface area contributed by atoms with Gasteiger partial charge in [-0.3, -0.25) is 4.79 Å². The first-order valence-corrected chi connectivity index (χ1v) is 12.1. The van der Waals surface area contributed by atoms with Gasteiger partial charge in [-0.2, -0.15) is 21.6 Å². The molecule has 2 heterocycles. The van der Waals surface area contributed by atoms with Gasteiger partial charge in [0.1, 0.15) is 12.4 Å². The van der Waals surface area contributed by atoms with E-state index in [-0.39, 0.29) is 22.7 Å². The SMILES string of the molecule is COc1cc2c(cc1OC)N(C(=O)OCC(Cl)(Cl)Cl)C(O)[C@@H]1CC(OS(=O)(=O)C(F)(F)F)=CN1C2=O. The quantitative estimate of drug-likeness (QED) is 0.308. The van der Waals surface area contributed by atoms with E-state index in [2.05, 4.69) is 4.18 Å². The molecule has 0 aromatic heterocycles. The monoisotopic (exact) mass is 598 g/mol. The van der Waals surface area contributed by atoms with Crippen LogP contribution in [-0.4, -0.2) is 72.8 Å². The summed E-state index contributed by atoms with van der Waals surface area (Å²) in [5.74, 6) is -1.71. The zero-order valence-electron chi connectivity index (χ0n) is 18.1. The number of benzene rings is 1. The summed E-state index contributed by atoms with van der Waals surface area (Å²) >= 11 is 16.8. The number of nitrogens with zero attached hydrogens (tertiary/aromatic N) is 2. The Morgan fingerprint density at radius 3 is 2.28 bits per heavy atom. The second kappa shape index (κ2) is 9.85. The number of alkyl halides is 6. The molecule has 2 amide bonds. The van der Waals surface area contributed by atoms with Crippen molar-refractivity contribution in [2.24, 2.45) is 0 Å². The van der Waals surface area contributed by atoms with Gasteiger partial charge < -0.3 is 28.4 Å². The molecule has 200 valence electrons. The highest BCUT2D eigenvalue weighted by Gasteiger charge is 2.51. The van der Waals surface area contributed by atoms with E-state index in [9.17, 15) is 36.3 Å². The number of hydrogen-bond acceptors (Lipinski definition) is 9. The summed E-state index contributed by atoms with van der Waals surface area (Å²) in [6, 6.07) is 0.809. The van der Waals surface area contributed by atoms with Crippen molar-refractivity contribution in [3.63, 3.8) is 0 Å². The summed E-state index contributed by atoms with van der Waals surface area (Å²) in [5, 5.41) is 11.0. The van der Waals surface area contributed by atoms with Gasteiger partial charge in [0.25, 0.3) is 5.91 Å². The smallest absolute Gasteiger partial charge is 0.493 e. The fraction of sp³-hybridized carbons (Fsp3) is 0.444. The molecule has 2 aliphatic heterocycles. The van der Waals surface area contributed by atoms with Crippen LogP contribution in [0.4, 0.5) is 23.7 Å². The van der Waals surface area contributed by atoms with E-state index >= 15 is 0 Å². The van der Waals surface area contributed by atoms with Crippen molar-refractivity contribution in [1.82, 2.24) is 4.90 Å². The highest BCUT2D eigenvalue weighted by molar-refractivity contribution is 7.87. The number of ether oxygens (including phenoxy) is 3. The summed E-state index contributed by atoms with van der Waals surface area (Å²) in [7, 11) is -3.57. The molecule has 0 aliphatic carbocycles. The third-order valence-electron chi connectivity index (χ3n) is 4.94. The minimum Gasteiger partial charge on any atom is -0.493 e. The van der Waals surface area contributed by atoms with Crippen LogP contribution in [0.2, 0.25) is 0 Å². The average molecular weight is 600 g/mol. The third-order valence-corrected chi connectivity index (χ3v) is 6.27. The van der Waals surface area contributed by atoms with Gasteiger partial charge in [0.05, 0.1) is 31.5 Å². The minimum absolute atomic E-state index is 0.0199. The molecule has 0 fully saturated rings. The van der Waals surface area contributed by atoms with Crippen molar-refractivity contribution in [2.75, 3.05) is 25.7 Å². The Morgan fingerprint density at radius 1 is 1.17 bits per heavy atom. The predicted molar refractivity (Wildman–Crippen MR) is 118 cm³/mol. The van der Waals surface area contributed by atoms with Gasteiger partial charge in [-0.15, -0.1) is 0 Å². The highest BCUT2D eigenvalue weighted by Crippen LogP contribution is 2.42. The molecule has 0 bridgehead atoms. The molecule has 1 aromatic rings. The van der Waals surface area contributed by atoms with Crippen LogP contribution in [0.15, 0.2) is 24.1 Å². The van der Waals surface area contributed by atoms with E-state index in [1.807, 2.05) is 0 Å². The van der Waals surface area contributed by atoms with Crippen LogP contribution in [0.5, 0.6) is 11.5 Å². The van der Waals surface area contributed by atoms with Crippen LogP contribution in [0, 0.1) is 0 Å². The van der Waals surface area contributed by atoms with Crippen molar-refractivity contribution < 1.29 is 54.7 Å². The Bertz CT molecular complexity index is 1200. The molecular weight excluding hydrogens is 584 g/mol. The number of halogens is 6. The molecule has 2 atom stereocenters. The van der Waals surface area contributed by atoms with Crippen LogP contribution in [0.1, 0.15) is 16.8 Å². The number of hydrogen-bond donors (Lipinski definition) is 1. The fourth-order valence-electron chi connectivity index (χ4n) is 3.42. The third kappa shape index (κ3) is 5.49. The predicted octanol–water partition coefficient (Wildman–Crippen LogP) is 3.27. The average Bonchev–Trinajstić information content (AvgIpc) is 3.15. The Balaban J connectivity index is 2.11. The summed E-state index contributed by atoms with van der Waals surface area (Å²) in [6.07, 6.45) is -3.36. The summed E-state index contributed by atoms with van der Waals surface area (Å²) in [4.78, 5) is 27.6. The lowest BCUT2D eigenvalue weighted by Gasteiger charge is -2.31. The van der Waals surface area contributed by atoms with Gasteiger partial charge in [-0.25, -0.2) is 9.69 Å². The second-order valence-corrected chi connectivity index (χ2v) is 11.3. The maximum atomic E-state index is 13.3. The lowest BCUT2D eigenvalue weighted by atomic mass is 10.1. The van der Waals surface area contributed by atoms with Crippen molar-refractivity contribution in [2.45, 2.75) is 28.0 Å². The van der Waals surface area contributed by atoms with Crippen LogP contribution < -0.4 is 14.4 Å². The number of aliphatic hydroxyl groups excluding tert-OH is 1. The first kappa shape index (κ1) is 28.2. The maximum absolute atomic E-state index is 13.3. The van der Waals surface area contributed by atoms with Gasteiger partial charge >= 0.3 is 21.7 Å². The molecule has 11 nitrogen and oxygen atoms in total. The molecule has 36 heavy (non-hydrogen) atoms. The van der Waals surface area contributed by atoms with E-state index in [0.29, 0.717) is 11.1 Å². The molecule has 0 spiro atoms. The molecular formula is C18H16Cl3F3N2O9S. The van der Waals surface area contributed by atoms with Crippen LogP contribution in [0.25, 0.3) is 0 Å². The molecule has 1 unspecified atom stereocenters. The van der Waals surface area contributed by atoms with Crippen LogP contribution >= 0.6 is 34.8 Å². The first-order valence-electron chi connectivity index (χ1n) is 9.51. The first-order chi connectivity index (χ1) is 16.5. The fourth-order valence-corrected chi connectivity index (χ4v) is 4.07. The van der Waals surface area contributed by atoms with Crippen LogP contribution in [-0.2, 0) is 19.0 Å². The van der Waals surface area contributed by atoms with Gasteiger partial charge in [-0.05, 0) is 6.07 Å². The lowest BCUT2D eigenvalue weighted by molar-refractivity contribution is -0.0523. The number of aliphatic hydroxyl groups is 1. The van der Waals surface area contributed by atoms with Crippen molar-refractivity contribution in [1.29, 1.82) is 0 Å². The molecule has 0 saturated carbocycles. The van der Waals surface area contributed by atoms with Crippen molar-refractivity contribution in [3.05, 3.63) is 29.7 Å². The van der Waals surface area contributed by atoms with Gasteiger partial charge in [0.2, 0.25) is 3.79 Å². The van der Waals surface area contributed by atoms with Crippen molar-refractivity contribution in [3.8, 4) is 11.5 Å². The normalized spacial score (nSPS) is 20.2. The zero-order valence-corrected chi connectivity index (χ0v) is 21.2. The number of anilines is 1. The van der Waals surface area contributed by atoms with E-state index < -0.39 is 62.5 Å². The largest absolute Gasteiger partial charge is 0.534 e. The second-order valence-electron chi connectivity index (χ2n) is 7.24. The molecule has 18 heteroatoms. The lowest BCUT2D eigenvalue weighted by Crippen LogP contribution is -2.50. The zero-order chi connectivity index (χ0) is 27.2. The number of amides is 2. The molecule has 0 radical (unpaired) electrons. The van der Waals surface area contributed by atoms with Gasteiger partial charge in [0, 0.05) is 18.7 Å². The van der Waals surface area contributed by atoms with Gasteiger partial charge in [-0.1, -0.05) is 34.8 Å².